The third-order valence-corrected chi connectivity index (χ3v) is 4.82. The Labute approximate surface area is 152 Å². The van der Waals surface area contributed by atoms with Crippen LogP contribution in [0.5, 0.6) is 0 Å². The largest absolute Gasteiger partial charge is 0.443 e. The fraction of sp³-hybridized carbons (Fsp3) is 0.474. The third kappa shape index (κ3) is 3.97. The minimum Gasteiger partial charge on any atom is -0.443 e. The predicted molar refractivity (Wildman–Crippen MR) is 97.4 cm³/mol. The molecule has 2 fully saturated rings. The summed E-state index contributed by atoms with van der Waals surface area (Å²) in [6.45, 7) is 2.08. The molecule has 0 aliphatic carbocycles. The Hall–Kier alpha value is -2.59. The van der Waals surface area contributed by atoms with Gasteiger partial charge in [0.15, 0.2) is 0 Å². The van der Waals surface area contributed by atoms with Crippen molar-refractivity contribution in [2.45, 2.75) is 31.8 Å². The Morgan fingerprint density at radius 2 is 2.15 bits per heavy atom. The molecule has 6 nitrogen and oxygen atoms in total. The van der Waals surface area contributed by atoms with Crippen molar-refractivity contribution >= 4 is 17.5 Å². The lowest BCUT2D eigenvalue weighted by atomic mass is 10.0. The van der Waals surface area contributed by atoms with Crippen molar-refractivity contribution in [1.82, 2.24) is 0 Å². The Morgan fingerprint density at radius 1 is 1.38 bits per heavy atom. The molecule has 0 radical (unpaired) electrons. The number of allylic oxidation sites excluding steroid dienone is 1. The summed E-state index contributed by atoms with van der Waals surface area (Å²) in [6.07, 6.45) is 4.37. The molecule has 26 heavy (non-hydrogen) atoms. The zero-order chi connectivity index (χ0) is 18.5. The van der Waals surface area contributed by atoms with Gasteiger partial charge < -0.3 is 15.4 Å². The lowest BCUT2D eigenvalue weighted by Gasteiger charge is -2.31. The monoisotopic (exact) mass is 358 g/mol. The first-order valence-electron chi connectivity index (χ1n) is 8.90. The van der Waals surface area contributed by atoms with Crippen LogP contribution in [0.15, 0.2) is 29.8 Å². The van der Waals surface area contributed by atoms with E-state index in [1.807, 2.05) is 4.90 Å². The molecule has 2 aliphatic heterocycles. The summed E-state index contributed by atoms with van der Waals surface area (Å²) in [5, 5.41) is 8.60. The van der Waals surface area contributed by atoms with Crippen LogP contribution in [0.3, 0.4) is 0 Å². The van der Waals surface area contributed by atoms with E-state index in [1.54, 1.807) is 12.1 Å². The first-order chi connectivity index (χ1) is 12.6. The quantitative estimate of drug-likeness (QED) is 0.646. The summed E-state index contributed by atoms with van der Waals surface area (Å²) in [4.78, 5) is 15.3. The first kappa shape index (κ1) is 18.2. The number of benzene rings is 1. The number of anilines is 2. The zero-order valence-electron chi connectivity index (χ0n) is 14.7. The number of carbonyl (C=O) groups excluding carboxylic acids is 1. The molecule has 0 aromatic heterocycles. The lowest BCUT2D eigenvalue weighted by Crippen LogP contribution is -2.31. The van der Waals surface area contributed by atoms with E-state index in [0.29, 0.717) is 24.3 Å². The molecule has 2 saturated heterocycles. The average molecular weight is 358 g/mol. The van der Waals surface area contributed by atoms with Crippen molar-refractivity contribution < 1.29 is 13.9 Å². The number of hydrogen-bond acceptors (Lipinski definition) is 5. The second-order valence-electron chi connectivity index (χ2n) is 6.53. The van der Waals surface area contributed by atoms with Crippen LogP contribution in [0.25, 0.3) is 0 Å². The summed E-state index contributed by atoms with van der Waals surface area (Å²) in [6, 6.07) is 6.99. The van der Waals surface area contributed by atoms with E-state index in [4.69, 9.17) is 15.7 Å². The number of carbonyl (C=O) groups is 1. The fourth-order valence-corrected chi connectivity index (χ4v) is 3.36. The first-order valence-corrected chi connectivity index (χ1v) is 8.90. The maximum absolute atomic E-state index is 14.6. The minimum atomic E-state index is -0.488. The standard InChI is InChI=1S/C19H23FN4O2/c20-17-11-15(24-13-16(12-22)26-19(24)25)4-5-18(17)23-9-6-14(7-10-23)3-1-2-8-21/h3-5,11,16H,1-2,6-7,9-10,12-13,22H2. The van der Waals surface area contributed by atoms with Crippen LogP contribution in [0.4, 0.5) is 20.6 Å². The predicted octanol–water partition coefficient (Wildman–Crippen LogP) is 2.94. The summed E-state index contributed by atoms with van der Waals surface area (Å²) < 4.78 is 19.8. The summed E-state index contributed by atoms with van der Waals surface area (Å²) in [7, 11) is 0. The van der Waals surface area contributed by atoms with Gasteiger partial charge in [-0.1, -0.05) is 11.6 Å². The number of amides is 1. The Balaban J connectivity index is 1.65. The molecule has 0 bridgehead atoms. The van der Waals surface area contributed by atoms with Gasteiger partial charge in [-0.15, -0.1) is 0 Å². The molecule has 0 spiro atoms. The van der Waals surface area contributed by atoms with Crippen molar-refractivity contribution in [2.75, 3.05) is 36.0 Å². The van der Waals surface area contributed by atoms with Gasteiger partial charge in [0.2, 0.25) is 0 Å². The maximum Gasteiger partial charge on any atom is 0.414 e. The van der Waals surface area contributed by atoms with Crippen molar-refractivity contribution in [1.29, 1.82) is 5.26 Å². The topological polar surface area (TPSA) is 82.6 Å². The van der Waals surface area contributed by atoms with Gasteiger partial charge in [-0.05, 0) is 37.5 Å². The Kier molecular flexibility index (Phi) is 5.74. The van der Waals surface area contributed by atoms with Crippen LogP contribution < -0.4 is 15.5 Å². The van der Waals surface area contributed by atoms with Crippen molar-refractivity contribution in [3.8, 4) is 6.07 Å². The van der Waals surface area contributed by atoms with Crippen molar-refractivity contribution in [2.24, 2.45) is 5.73 Å². The number of rotatable bonds is 5. The highest BCUT2D eigenvalue weighted by Gasteiger charge is 2.32. The van der Waals surface area contributed by atoms with Gasteiger partial charge in [0.1, 0.15) is 11.9 Å². The minimum absolute atomic E-state index is 0.251. The van der Waals surface area contributed by atoms with Gasteiger partial charge in [-0.3, -0.25) is 4.90 Å². The fourth-order valence-electron chi connectivity index (χ4n) is 3.36. The van der Waals surface area contributed by atoms with Crippen molar-refractivity contribution in [3.63, 3.8) is 0 Å². The number of nitrogens with two attached hydrogens (primary N) is 1. The van der Waals surface area contributed by atoms with Crippen molar-refractivity contribution in [3.05, 3.63) is 35.7 Å². The highest BCUT2D eigenvalue weighted by molar-refractivity contribution is 5.90. The number of cyclic esters (lactones) is 1. The van der Waals surface area contributed by atoms with E-state index in [1.165, 1.54) is 16.5 Å². The molecule has 0 saturated carbocycles. The summed E-state index contributed by atoms with van der Waals surface area (Å²) >= 11 is 0. The lowest BCUT2D eigenvalue weighted by molar-refractivity contribution is 0.145. The molecule has 1 aromatic rings. The number of halogens is 1. The Morgan fingerprint density at radius 3 is 2.77 bits per heavy atom. The van der Waals surface area contributed by atoms with Crippen LogP contribution in [-0.4, -0.2) is 38.4 Å². The second kappa shape index (κ2) is 8.19. The van der Waals surface area contributed by atoms with Crippen LogP contribution in [0.1, 0.15) is 25.7 Å². The number of unbranched alkanes of at least 4 members (excludes halogenated alkanes) is 1. The molecule has 2 heterocycles. The van der Waals surface area contributed by atoms with E-state index in [9.17, 15) is 9.18 Å². The van der Waals surface area contributed by atoms with Crippen LogP contribution >= 0.6 is 0 Å². The van der Waals surface area contributed by atoms with Gasteiger partial charge in [-0.25, -0.2) is 9.18 Å². The van der Waals surface area contributed by atoms with Crippen LogP contribution in [0.2, 0.25) is 0 Å². The molecule has 1 aromatic carbocycles. The number of nitriles is 1. The number of ether oxygens (including phenoxy) is 1. The molecular formula is C19H23FN4O2. The van der Waals surface area contributed by atoms with Gasteiger partial charge in [0.25, 0.3) is 0 Å². The van der Waals surface area contributed by atoms with E-state index in [2.05, 4.69) is 12.1 Å². The molecule has 1 unspecified atom stereocenters. The molecule has 138 valence electrons. The molecular weight excluding hydrogens is 335 g/mol. The maximum atomic E-state index is 14.6. The number of nitrogens with zero attached hydrogens (tertiary/aromatic N) is 3. The van der Waals surface area contributed by atoms with Gasteiger partial charge in [0.05, 0.1) is 24.0 Å². The van der Waals surface area contributed by atoms with E-state index in [-0.39, 0.29) is 18.5 Å². The third-order valence-electron chi connectivity index (χ3n) is 4.82. The molecule has 1 amide bonds. The molecule has 3 rings (SSSR count). The number of hydrogen-bond donors (Lipinski definition) is 1. The molecule has 2 aliphatic rings. The number of piperidine rings is 1. The van der Waals surface area contributed by atoms with Gasteiger partial charge in [0, 0.05) is 26.1 Å². The van der Waals surface area contributed by atoms with Gasteiger partial charge in [-0.2, -0.15) is 5.26 Å². The average Bonchev–Trinajstić information content (AvgIpc) is 3.03. The molecule has 7 heteroatoms. The Bertz CT molecular complexity index is 734. The SMILES string of the molecule is N#CCCC=C1CCN(c2ccc(N3CC(CN)OC3=O)cc2F)CC1. The normalized spacial score (nSPS) is 20.1. The van der Waals surface area contributed by atoms with E-state index >= 15 is 0 Å². The highest BCUT2D eigenvalue weighted by Crippen LogP contribution is 2.30. The van der Waals surface area contributed by atoms with Gasteiger partial charge >= 0.3 is 6.09 Å². The smallest absolute Gasteiger partial charge is 0.414 e. The van der Waals surface area contributed by atoms with E-state index < -0.39 is 6.09 Å². The summed E-state index contributed by atoms with van der Waals surface area (Å²) in [5.41, 5.74) is 7.90. The zero-order valence-corrected chi connectivity index (χ0v) is 14.7. The summed E-state index contributed by atoms with van der Waals surface area (Å²) in [5.74, 6) is -0.344. The highest BCUT2D eigenvalue weighted by atomic mass is 19.1. The second-order valence-corrected chi connectivity index (χ2v) is 6.53. The molecule has 1 atom stereocenters. The van der Waals surface area contributed by atoms with Crippen LogP contribution in [-0.2, 0) is 4.74 Å². The molecule has 2 N–H and O–H groups in total. The van der Waals surface area contributed by atoms with Crippen LogP contribution in [0, 0.1) is 17.1 Å². The van der Waals surface area contributed by atoms with E-state index in [0.717, 1.165) is 32.4 Å².